The zero-order valence-electron chi connectivity index (χ0n) is 16.1. The van der Waals surface area contributed by atoms with E-state index >= 15 is 0 Å². The van der Waals surface area contributed by atoms with Crippen molar-refractivity contribution in [1.82, 2.24) is 4.98 Å². The Labute approximate surface area is 163 Å². The molecule has 8 heteroatoms. The number of ether oxygens (including phenoxy) is 3. The number of hydrogen-bond donors (Lipinski definition) is 0. The van der Waals surface area contributed by atoms with Gasteiger partial charge in [0, 0.05) is 12.3 Å². The van der Waals surface area contributed by atoms with Crippen molar-refractivity contribution in [2.45, 2.75) is 31.3 Å². The molecular weight excluding hydrogens is 382 g/mol. The Morgan fingerprint density at radius 3 is 2.32 bits per heavy atom. The van der Waals surface area contributed by atoms with Crippen molar-refractivity contribution < 1.29 is 27.4 Å². The number of hydrogen-bond acceptors (Lipinski definition) is 7. The molecule has 0 amide bonds. The molecule has 0 atom stereocenters. The summed E-state index contributed by atoms with van der Waals surface area (Å²) in [6.07, 6.45) is 2.60. The SMILES string of the molecule is CCOc1ccc(OC2=C(c3ccc(S(C)(=O)=O)cc3)C(C)(C)OC2=O)cn1. The molecule has 0 aliphatic carbocycles. The molecule has 3 rings (SSSR count). The van der Waals surface area contributed by atoms with E-state index in [0.29, 0.717) is 29.4 Å². The minimum Gasteiger partial charge on any atom is -0.478 e. The smallest absolute Gasteiger partial charge is 0.375 e. The fourth-order valence-corrected chi connectivity index (χ4v) is 3.55. The Balaban J connectivity index is 2.00. The Hall–Kier alpha value is -2.87. The number of cyclic esters (lactones) is 1. The van der Waals surface area contributed by atoms with E-state index in [1.807, 2.05) is 6.92 Å². The van der Waals surface area contributed by atoms with E-state index in [-0.39, 0.29) is 10.7 Å². The first-order chi connectivity index (χ1) is 13.1. The lowest BCUT2D eigenvalue weighted by Gasteiger charge is -2.21. The summed E-state index contributed by atoms with van der Waals surface area (Å²) in [5.41, 5.74) is 0.237. The standard InChI is InChI=1S/C20H21NO6S/c1-5-25-16-11-8-14(12-21-16)26-18-17(20(2,3)27-19(18)22)13-6-9-15(10-7-13)28(4,23)24/h6-12H,5H2,1-4H3. The monoisotopic (exact) mass is 403 g/mol. The van der Waals surface area contributed by atoms with Gasteiger partial charge in [0.2, 0.25) is 11.6 Å². The number of pyridine rings is 1. The quantitative estimate of drug-likeness (QED) is 0.685. The average Bonchev–Trinajstić information content (AvgIpc) is 2.84. The zero-order valence-corrected chi connectivity index (χ0v) is 16.9. The first-order valence-electron chi connectivity index (χ1n) is 8.67. The van der Waals surface area contributed by atoms with Gasteiger partial charge in [-0.1, -0.05) is 12.1 Å². The number of benzene rings is 1. The Kier molecular flexibility index (Phi) is 5.16. The Morgan fingerprint density at radius 2 is 1.79 bits per heavy atom. The highest BCUT2D eigenvalue weighted by Gasteiger charge is 2.43. The number of carbonyl (C=O) groups excluding carboxylic acids is 1. The van der Waals surface area contributed by atoms with Crippen LogP contribution in [0.15, 0.2) is 53.2 Å². The number of nitrogens with zero attached hydrogens (tertiary/aromatic N) is 1. The highest BCUT2D eigenvalue weighted by atomic mass is 32.2. The van der Waals surface area contributed by atoms with Crippen LogP contribution in [0.4, 0.5) is 0 Å². The third kappa shape index (κ3) is 4.01. The van der Waals surface area contributed by atoms with Crippen LogP contribution in [0.3, 0.4) is 0 Å². The fraction of sp³-hybridized carbons (Fsp3) is 0.300. The third-order valence-corrected chi connectivity index (χ3v) is 5.28. The van der Waals surface area contributed by atoms with Gasteiger partial charge >= 0.3 is 5.97 Å². The summed E-state index contributed by atoms with van der Waals surface area (Å²) in [6, 6.07) is 9.54. The zero-order chi connectivity index (χ0) is 20.5. The first kappa shape index (κ1) is 19.9. The fourth-order valence-electron chi connectivity index (χ4n) is 2.92. The molecule has 0 bridgehead atoms. The third-order valence-electron chi connectivity index (χ3n) is 4.15. The molecule has 7 nitrogen and oxygen atoms in total. The molecule has 148 valence electrons. The highest BCUT2D eigenvalue weighted by molar-refractivity contribution is 7.90. The van der Waals surface area contributed by atoms with Crippen molar-refractivity contribution in [1.29, 1.82) is 0 Å². The van der Waals surface area contributed by atoms with Gasteiger partial charge in [-0.3, -0.25) is 0 Å². The van der Waals surface area contributed by atoms with Crippen LogP contribution in [0.2, 0.25) is 0 Å². The summed E-state index contributed by atoms with van der Waals surface area (Å²) in [5.74, 6) is 0.261. The molecule has 0 saturated carbocycles. The van der Waals surface area contributed by atoms with E-state index in [4.69, 9.17) is 14.2 Å². The van der Waals surface area contributed by atoms with Crippen LogP contribution < -0.4 is 9.47 Å². The van der Waals surface area contributed by atoms with Crippen molar-refractivity contribution in [3.8, 4) is 11.6 Å². The van der Waals surface area contributed by atoms with Gasteiger partial charge in [0.25, 0.3) is 0 Å². The second kappa shape index (κ2) is 7.27. The van der Waals surface area contributed by atoms with Crippen molar-refractivity contribution in [3.63, 3.8) is 0 Å². The van der Waals surface area contributed by atoms with Gasteiger partial charge in [-0.15, -0.1) is 0 Å². The van der Waals surface area contributed by atoms with E-state index in [1.54, 1.807) is 38.1 Å². The van der Waals surface area contributed by atoms with E-state index < -0.39 is 21.4 Å². The average molecular weight is 403 g/mol. The van der Waals surface area contributed by atoms with Crippen molar-refractivity contribution in [2.24, 2.45) is 0 Å². The van der Waals surface area contributed by atoms with Gasteiger partial charge in [0.1, 0.15) is 11.4 Å². The van der Waals surface area contributed by atoms with Crippen LogP contribution in [0.25, 0.3) is 5.57 Å². The van der Waals surface area contributed by atoms with Gasteiger partial charge in [-0.25, -0.2) is 18.2 Å². The number of aromatic nitrogens is 1. The predicted octanol–water partition coefficient (Wildman–Crippen LogP) is 3.01. The lowest BCUT2D eigenvalue weighted by atomic mass is 9.92. The molecule has 0 fully saturated rings. The van der Waals surface area contributed by atoms with Crippen LogP contribution in [-0.4, -0.2) is 37.8 Å². The van der Waals surface area contributed by atoms with Crippen LogP contribution in [0.5, 0.6) is 11.6 Å². The molecule has 1 aliphatic heterocycles. The van der Waals surface area contributed by atoms with Gasteiger partial charge in [0.15, 0.2) is 9.84 Å². The normalized spacial score (nSPS) is 16.1. The minimum absolute atomic E-state index is 0.0445. The summed E-state index contributed by atoms with van der Waals surface area (Å²) in [7, 11) is -3.32. The summed E-state index contributed by atoms with van der Waals surface area (Å²) < 4.78 is 39.9. The molecule has 28 heavy (non-hydrogen) atoms. The minimum atomic E-state index is -3.32. The largest absolute Gasteiger partial charge is 0.478 e. The van der Waals surface area contributed by atoms with Crippen molar-refractivity contribution >= 4 is 21.4 Å². The van der Waals surface area contributed by atoms with Gasteiger partial charge in [-0.05, 0) is 44.5 Å². The summed E-state index contributed by atoms with van der Waals surface area (Å²) in [4.78, 5) is 16.7. The first-order valence-corrected chi connectivity index (χ1v) is 10.6. The molecule has 0 spiro atoms. The number of rotatable bonds is 6. The lowest BCUT2D eigenvalue weighted by Crippen LogP contribution is -2.22. The molecule has 1 aromatic heterocycles. The molecular formula is C20H21NO6S. The molecule has 0 unspecified atom stereocenters. The molecule has 0 N–H and O–H groups in total. The summed E-state index contributed by atoms with van der Waals surface area (Å²) >= 11 is 0. The Morgan fingerprint density at radius 1 is 1.11 bits per heavy atom. The van der Waals surface area contributed by atoms with Crippen LogP contribution in [0, 0.1) is 0 Å². The molecule has 1 aromatic carbocycles. The Bertz CT molecular complexity index is 1020. The van der Waals surface area contributed by atoms with Gasteiger partial charge < -0.3 is 14.2 Å². The van der Waals surface area contributed by atoms with Gasteiger partial charge in [-0.2, -0.15) is 0 Å². The second-order valence-corrected chi connectivity index (χ2v) is 8.78. The topological polar surface area (TPSA) is 91.8 Å². The molecule has 1 aliphatic rings. The van der Waals surface area contributed by atoms with Crippen molar-refractivity contribution in [2.75, 3.05) is 12.9 Å². The number of esters is 1. The van der Waals surface area contributed by atoms with Crippen LogP contribution in [0.1, 0.15) is 26.3 Å². The molecule has 2 heterocycles. The number of carbonyl (C=O) groups is 1. The van der Waals surface area contributed by atoms with Crippen molar-refractivity contribution in [3.05, 3.63) is 53.9 Å². The summed E-state index contributed by atoms with van der Waals surface area (Å²) in [6.45, 7) is 5.84. The maximum absolute atomic E-state index is 12.4. The number of sulfone groups is 1. The predicted molar refractivity (Wildman–Crippen MR) is 103 cm³/mol. The second-order valence-electron chi connectivity index (χ2n) is 6.77. The highest BCUT2D eigenvalue weighted by Crippen LogP contribution is 2.40. The van der Waals surface area contributed by atoms with Crippen LogP contribution in [-0.2, 0) is 19.4 Å². The molecule has 0 saturated heterocycles. The van der Waals surface area contributed by atoms with E-state index in [2.05, 4.69) is 4.98 Å². The maximum Gasteiger partial charge on any atom is 0.375 e. The summed E-state index contributed by atoms with van der Waals surface area (Å²) in [5, 5.41) is 0. The molecule has 2 aromatic rings. The lowest BCUT2D eigenvalue weighted by molar-refractivity contribution is -0.145. The van der Waals surface area contributed by atoms with Crippen LogP contribution >= 0.6 is 0 Å². The maximum atomic E-state index is 12.4. The van der Waals surface area contributed by atoms with E-state index in [0.717, 1.165) is 6.26 Å². The molecule has 0 radical (unpaired) electrons. The van der Waals surface area contributed by atoms with E-state index in [1.165, 1.54) is 18.3 Å². The van der Waals surface area contributed by atoms with E-state index in [9.17, 15) is 13.2 Å². The van der Waals surface area contributed by atoms with Gasteiger partial charge in [0.05, 0.1) is 23.3 Å².